The van der Waals surface area contributed by atoms with E-state index in [0.717, 1.165) is 30.7 Å². The lowest BCUT2D eigenvalue weighted by Gasteiger charge is -2.40. The molecule has 3 heteroatoms. The zero-order chi connectivity index (χ0) is 11.8. The standard InChI is InChI=1S/C14H26N2O/c1-10-11(5-6-17-10)9-16-13-3-4-14(16)8-12(7-13)15-2/h10-15H,3-9H2,1-2H3. The van der Waals surface area contributed by atoms with Crippen LogP contribution in [-0.4, -0.2) is 49.3 Å². The molecule has 98 valence electrons. The molecule has 17 heavy (non-hydrogen) atoms. The van der Waals surface area contributed by atoms with E-state index in [1.54, 1.807) is 0 Å². The summed E-state index contributed by atoms with van der Waals surface area (Å²) in [6.45, 7) is 4.51. The number of ether oxygens (including phenoxy) is 1. The molecule has 3 saturated heterocycles. The highest BCUT2D eigenvalue weighted by Gasteiger charge is 2.41. The molecule has 2 bridgehead atoms. The van der Waals surface area contributed by atoms with Crippen molar-refractivity contribution in [3.63, 3.8) is 0 Å². The summed E-state index contributed by atoms with van der Waals surface area (Å²) in [5.41, 5.74) is 0. The van der Waals surface area contributed by atoms with Crippen LogP contribution in [0.2, 0.25) is 0 Å². The van der Waals surface area contributed by atoms with Crippen LogP contribution in [0.5, 0.6) is 0 Å². The van der Waals surface area contributed by atoms with Crippen LogP contribution in [-0.2, 0) is 4.74 Å². The zero-order valence-corrected chi connectivity index (χ0v) is 11.2. The van der Waals surface area contributed by atoms with Crippen molar-refractivity contribution in [1.82, 2.24) is 10.2 Å². The first kappa shape index (κ1) is 11.9. The molecule has 0 amide bonds. The highest BCUT2D eigenvalue weighted by Crippen LogP contribution is 2.37. The molecule has 0 aromatic heterocycles. The van der Waals surface area contributed by atoms with E-state index in [4.69, 9.17) is 4.74 Å². The van der Waals surface area contributed by atoms with Gasteiger partial charge in [0.15, 0.2) is 0 Å². The number of hydrogen-bond acceptors (Lipinski definition) is 3. The quantitative estimate of drug-likeness (QED) is 0.809. The fourth-order valence-corrected chi connectivity index (χ4v) is 4.09. The number of nitrogens with one attached hydrogen (secondary N) is 1. The van der Waals surface area contributed by atoms with Gasteiger partial charge in [-0.25, -0.2) is 0 Å². The highest BCUT2D eigenvalue weighted by molar-refractivity contribution is 4.98. The molecule has 3 nitrogen and oxygen atoms in total. The Morgan fingerprint density at radius 1 is 1.18 bits per heavy atom. The zero-order valence-electron chi connectivity index (χ0n) is 11.2. The summed E-state index contributed by atoms with van der Waals surface area (Å²) in [5.74, 6) is 0.782. The summed E-state index contributed by atoms with van der Waals surface area (Å²) in [6, 6.07) is 2.46. The van der Waals surface area contributed by atoms with E-state index in [1.165, 1.54) is 38.6 Å². The smallest absolute Gasteiger partial charge is 0.0588 e. The minimum Gasteiger partial charge on any atom is -0.378 e. The molecular weight excluding hydrogens is 212 g/mol. The van der Waals surface area contributed by atoms with E-state index in [9.17, 15) is 0 Å². The topological polar surface area (TPSA) is 24.5 Å². The minimum atomic E-state index is 0.483. The van der Waals surface area contributed by atoms with E-state index < -0.39 is 0 Å². The molecule has 3 fully saturated rings. The van der Waals surface area contributed by atoms with Gasteiger partial charge in [-0.15, -0.1) is 0 Å². The van der Waals surface area contributed by atoms with Gasteiger partial charge >= 0.3 is 0 Å². The van der Waals surface area contributed by atoms with Crippen LogP contribution in [0.15, 0.2) is 0 Å². The van der Waals surface area contributed by atoms with E-state index in [0.29, 0.717) is 6.10 Å². The second-order valence-corrected chi connectivity index (χ2v) is 6.16. The van der Waals surface area contributed by atoms with Gasteiger partial charge in [0.05, 0.1) is 6.10 Å². The Balaban J connectivity index is 1.61. The van der Waals surface area contributed by atoms with Crippen molar-refractivity contribution in [3.8, 4) is 0 Å². The number of piperidine rings is 1. The number of hydrogen-bond donors (Lipinski definition) is 1. The maximum absolute atomic E-state index is 5.70. The van der Waals surface area contributed by atoms with Crippen LogP contribution in [0.3, 0.4) is 0 Å². The first-order valence-electron chi connectivity index (χ1n) is 7.32. The molecule has 3 heterocycles. The molecule has 0 spiro atoms. The Hall–Kier alpha value is -0.120. The van der Waals surface area contributed by atoms with Gasteiger partial charge in [0, 0.05) is 31.3 Å². The monoisotopic (exact) mass is 238 g/mol. The lowest BCUT2D eigenvalue weighted by atomic mass is 9.94. The van der Waals surface area contributed by atoms with Gasteiger partial charge in [0.1, 0.15) is 0 Å². The lowest BCUT2D eigenvalue weighted by Crippen LogP contribution is -2.50. The molecule has 3 rings (SSSR count). The second-order valence-electron chi connectivity index (χ2n) is 6.16. The molecule has 0 aromatic carbocycles. The number of nitrogens with zero attached hydrogens (tertiary/aromatic N) is 1. The summed E-state index contributed by atoms with van der Waals surface area (Å²) >= 11 is 0. The largest absolute Gasteiger partial charge is 0.378 e. The molecule has 3 aliphatic heterocycles. The van der Waals surface area contributed by atoms with Crippen molar-refractivity contribution in [2.75, 3.05) is 20.2 Å². The molecular formula is C14H26N2O. The maximum atomic E-state index is 5.70. The maximum Gasteiger partial charge on any atom is 0.0588 e. The van der Waals surface area contributed by atoms with Crippen LogP contribution < -0.4 is 5.32 Å². The summed E-state index contributed by atoms with van der Waals surface area (Å²) in [7, 11) is 2.12. The van der Waals surface area contributed by atoms with Crippen LogP contribution in [0.25, 0.3) is 0 Å². The van der Waals surface area contributed by atoms with Crippen molar-refractivity contribution in [1.29, 1.82) is 0 Å². The summed E-state index contributed by atoms with van der Waals surface area (Å²) in [5, 5.41) is 3.48. The van der Waals surface area contributed by atoms with Crippen molar-refractivity contribution in [2.45, 2.75) is 63.3 Å². The van der Waals surface area contributed by atoms with E-state index in [-0.39, 0.29) is 0 Å². The molecule has 4 atom stereocenters. The first-order valence-corrected chi connectivity index (χ1v) is 7.32. The third-order valence-electron chi connectivity index (χ3n) is 5.27. The average Bonchev–Trinajstić information content (AvgIpc) is 2.82. The van der Waals surface area contributed by atoms with Crippen molar-refractivity contribution < 1.29 is 4.74 Å². The predicted molar refractivity (Wildman–Crippen MR) is 69.1 cm³/mol. The van der Waals surface area contributed by atoms with Gasteiger partial charge in [-0.1, -0.05) is 0 Å². The molecule has 3 aliphatic rings. The van der Waals surface area contributed by atoms with Crippen molar-refractivity contribution in [3.05, 3.63) is 0 Å². The third kappa shape index (κ3) is 2.25. The van der Waals surface area contributed by atoms with Gasteiger partial charge in [0.25, 0.3) is 0 Å². The minimum absolute atomic E-state index is 0.483. The molecule has 0 aliphatic carbocycles. The Labute approximate surface area is 105 Å². The number of rotatable bonds is 3. The normalized spacial score (nSPS) is 46.6. The highest BCUT2D eigenvalue weighted by atomic mass is 16.5. The predicted octanol–water partition coefficient (Wildman–Crippen LogP) is 1.63. The van der Waals surface area contributed by atoms with Gasteiger partial charge in [0.2, 0.25) is 0 Å². The fraction of sp³-hybridized carbons (Fsp3) is 1.00. The Morgan fingerprint density at radius 2 is 1.88 bits per heavy atom. The first-order chi connectivity index (χ1) is 8.28. The third-order valence-corrected chi connectivity index (χ3v) is 5.27. The van der Waals surface area contributed by atoms with Gasteiger partial charge < -0.3 is 10.1 Å². The number of fused-ring (bicyclic) bond motifs is 2. The molecule has 0 saturated carbocycles. The van der Waals surface area contributed by atoms with Crippen molar-refractivity contribution >= 4 is 0 Å². The van der Waals surface area contributed by atoms with Crippen LogP contribution in [0.4, 0.5) is 0 Å². The SMILES string of the molecule is CNC1CC2CCC(C1)N2CC1CCOC1C. The molecule has 1 N–H and O–H groups in total. The van der Waals surface area contributed by atoms with E-state index in [2.05, 4.69) is 24.2 Å². The van der Waals surface area contributed by atoms with Crippen LogP contribution >= 0.6 is 0 Å². The summed E-state index contributed by atoms with van der Waals surface area (Å²) in [4.78, 5) is 2.81. The summed E-state index contributed by atoms with van der Waals surface area (Å²) in [6.07, 6.45) is 7.31. The van der Waals surface area contributed by atoms with Gasteiger partial charge in [-0.2, -0.15) is 0 Å². The molecule has 4 unspecified atom stereocenters. The van der Waals surface area contributed by atoms with E-state index >= 15 is 0 Å². The van der Waals surface area contributed by atoms with E-state index in [1.807, 2.05) is 0 Å². The average molecular weight is 238 g/mol. The Kier molecular flexibility index (Phi) is 3.42. The fourth-order valence-electron chi connectivity index (χ4n) is 4.09. The molecule has 0 radical (unpaired) electrons. The Bertz CT molecular complexity index is 257. The molecule has 0 aromatic rings. The van der Waals surface area contributed by atoms with Gasteiger partial charge in [-0.05, 0) is 52.0 Å². The second kappa shape index (κ2) is 4.87. The van der Waals surface area contributed by atoms with Crippen molar-refractivity contribution in [2.24, 2.45) is 5.92 Å². The lowest BCUT2D eigenvalue weighted by molar-refractivity contribution is 0.0627. The summed E-state index contributed by atoms with van der Waals surface area (Å²) < 4.78 is 5.70. The van der Waals surface area contributed by atoms with Gasteiger partial charge in [-0.3, -0.25) is 4.90 Å². The van der Waals surface area contributed by atoms with Crippen LogP contribution in [0.1, 0.15) is 39.0 Å². The van der Waals surface area contributed by atoms with Crippen LogP contribution in [0, 0.1) is 5.92 Å². The Morgan fingerprint density at radius 3 is 2.41 bits per heavy atom.